The lowest BCUT2D eigenvalue weighted by molar-refractivity contribution is 0.0590. The molecule has 7 heteroatoms. The highest BCUT2D eigenvalue weighted by Crippen LogP contribution is 2.22. The molecule has 1 aromatic carbocycles. The minimum absolute atomic E-state index is 0.0201. The summed E-state index contributed by atoms with van der Waals surface area (Å²) in [6, 6.07) is 2.49. The number of hydrogen-bond donors (Lipinski definition) is 3. The summed E-state index contributed by atoms with van der Waals surface area (Å²) in [6.07, 6.45) is 0. The number of thiol groups is 1. The van der Waals surface area contributed by atoms with Crippen molar-refractivity contribution in [3.05, 3.63) is 23.3 Å². The molecule has 0 fully saturated rings. The van der Waals surface area contributed by atoms with Gasteiger partial charge < -0.3 is 20.4 Å². The molecule has 0 aliphatic rings. The summed E-state index contributed by atoms with van der Waals surface area (Å²) in [7, 11) is 1.19. The lowest BCUT2D eigenvalue weighted by Gasteiger charge is -2.08. The molecular formula is C9H10N2O4S. The first-order valence-electron chi connectivity index (χ1n) is 4.14. The second-order valence-electron chi connectivity index (χ2n) is 2.90. The van der Waals surface area contributed by atoms with Gasteiger partial charge in [-0.25, -0.2) is 9.59 Å². The molecule has 0 aliphatic heterocycles. The maximum Gasteiger partial charge on any atom is 0.350 e. The van der Waals surface area contributed by atoms with Crippen molar-refractivity contribution in [1.82, 2.24) is 0 Å². The lowest BCUT2D eigenvalue weighted by Crippen LogP contribution is -2.12. The number of ether oxygens (including phenoxy) is 1. The van der Waals surface area contributed by atoms with Crippen molar-refractivity contribution < 1.29 is 18.5 Å². The summed E-state index contributed by atoms with van der Waals surface area (Å²) in [6.45, 7) is 0. The molecule has 6 nitrogen and oxygen atoms in total. The third kappa shape index (κ3) is 2.19. The number of nitrogen functional groups attached to an aromatic ring is 2. The van der Waals surface area contributed by atoms with Crippen LogP contribution in [-0.2, 0) is 8.92 Å². The second kappa shape index (κ2) is 4.75. The third-order valence-electron chi connectivity index (χ3n) is 1.93. The molecule has 0 amide bonds. The van der Waals surface area contributed by atoms with Gasteiger partial charge in [-0.15, -0.1) is 0 Å². The number of carbonyl (C=O) groups is 2. The Morgan fingerprint density at radius 2 is 1.56 bits per heavy atom. The Hall–Kier alpha value is -1.89. The van der Waals surface area contributed by atoms with Crippen molar-refractivity contribution in [2.75, 3.05) is 18.6 Å². The fourth-order valence-corrected chi connectivity index (χ4v) is 1.23. The topological polar surface area (TPSA) is 105 Å². The molecule has 0 heterocycles. The van der Waals surface area contributed by atoms with Gasteiger partial charge in [0, 0.05) is 12.9 Å². The summed E-state index contributed by atoms with van der Waals surface area (Å²) >= 11 is 3.36. The fourth-order valence-electron chi connectivity index (χ4n) is 1.13. The molecule has 1 aromatic rings. The van der Waals surface area contributed by atoms with E-state index in [0.717, 1.165) is 0 Å². The van der Waals surface area contributed by atoms with Gasteiger partial charge in [0.25, 0.3) is 0 Å². The van der Waals surface area contributed by atoms with Crippen LogP contribution in [0.1, 0.15) is 20.7 Å². The molecule has 0 saturated carbocycles. The summed E-state index contributed by atoms with van der Waals surface area (Å²) < 4.78 is 8.72. The van der Waals surface area contributed by atoms with Crippen molar-refractivity contribution in [1.29, 1.82) is 0 Å². The summed E-state index contributed by atoms with van der Waals surface area (Å²) in [5.41, 5.74) is 11.3. The SMILES string of the molecule is COC(=O)c1cc(N)c(N)cc1C(=O)OS. The van der Waals surface area contributed by atoms with Gasteiger partial charge in [0.15, 0.2) is 0 Å². The first kappa shape index (κ1) is 12.2. The van der Waals surface area contributed by atoms with Gasteiger partial charge in [0.05, 0.1) is 29.6 Å². The van der Waals surface area contributed by atoms with E-state index in [4.69, 9.17) is 11.5 Å². The number of rotatable bonds is 2. The van der Waals surface area contributed by atoms with E-state index in [1.54, 1.807) is 0 Å². The van der Waals surface area contributed by atoms with E-state index >= 15 is 0 Å². The lowest BCUT2D eigenvalue weighted by atomic mass is 10.1. The summed E-state index contributed by atoms with van der Waals surface area (Å²) in [5.74, 6) is -1.52. The monoisotopic (exact) mass is 242 g/mol. The standard InChI is InChI=1S/C9H10N2O4S/c1-14-8(12)4-2-6(10)7(11)3-5(4)9(13)15-16/h2-3,16H,10-11H2,1H3. The van der Waals surface area contributed by atoms with Crippen LogP contribution in [0.25, 0.3) is 0 Å². The number of anilines is 2. The van der Waals surface area contributed by atoms with E-state index in [1.807, 2.05) is 0 Å². The van der Waals surface area contributed by atoms with Gasteiger partial charge in [-0.3, -0.25) is 0 Å². The fraction of sp³-hybridized carbons (Fsp3) is 0.111. The third-order valence-corrected chi connectivity index (χ3v) is 2.10. The highest BCUT2D eigenvalue weighted by atomic mass is 32.1. The molecule has 0 aromatic heterocycles. The average Bonchev–Trinajstić information content (AvgIpc) is 2.30. The van der Waals surface area contributed by atoms with E-state index in [0.29, 0.717) is 0 Å². The number of benzene rings is 1. The van der Waals surface area contributed by atoms with Crippen molar-refractivity contribution in [3.63, 3.8) is 0 Å². The average molecular weight is 242 g/mol. The molecule has 0 atom stereocenters. The number of methoxy groups -OCH3 is 1. The molecule has 0 unspecified atom stereocenters. The van der Waals surface area contributed by atoms with Gasteiger partial charge in [-0.05, 0) is 12.1 Å². The minimum atomic E-state index is -0.810. The molecule has 0 aliphatic carbocycles. The van der Waals surface area contributed by atoms with E-state index < -0.39 is 11.9 Å². The molecule has 0 bridgehead atoms. The van der Waals surface area contributed by atoms with Crippen LogP contribution in [0.3, 0.4) is 0 Å². The van der Waals surface area contributed by atoms with E-state index in [1.165, 1.54) is 19.2 Å². The highest BCUT2D eigenvalue weighted by Gasteiger charge is 2.20. The summed E-state index contributed by atoms with van der Waals surface area (Å²) in [5, 5.41) is 0. The predicted molar refractivity (Wildman–Crippen MR) is 61.0 cm³/mol. The van der Waals surface area contributed by atoms with Crippen molar-refractivity contribution in [3.8, 4) is 0 Å². The number of hydrogen-bond acceptors (Lipinski definition) is 7. The summed E-state index contributed by atoms with van der Waals surface area (Å²) in [4.78, 5) is 22.7. The molecule has 1 rings (SSSR count). The van der Waals surface area contributed by atoms with E-state index in [9.17, 15) is 9.59 Å². The van der Waals surface area contributed by atoms with Crippen LogP contribution >= 0.6 is 12.9 Å². The van der Waals surface area contributed by atoms with Crippen molar-refractivity contribution in [2.45, 2.75) is 0 Å². The van der Waals surface area contributed by atoms with Crippen LogP contribution in [0, 0.1) is 0 Å². The first-order valence-corrected chi connectivity index (χ1v) is 4.50. The quantitative estimate of drug-likeness (QED) is 0.304. The van der Waals surface area contributed by atoms with Crippen LogP contribution in [0.4, 0.5) is 11.4 Å². The Morgan fingerprint density at radius 3 is 1.94 bits per heavy atom. The molecule has 86 valence electrons. The zero-order chi connectivity index (χ0) is 12.3. The number of carbonyl (C=O) groups excluding carboxylic acids is 2. The minimum Gasteiger partial charge on any atom is -0.465 e. The first-order chi connectivity index (χ1) is 7.51. The van der Waals surface area contributed by atoms with Gasteiger partial charge in [-0.2, -0.15) is 0 Å². The molecule has 4 N–H and O–H groups in total. The Bertz CT molecular complexity index is 406. The van der Waals surface area contributed by atoms with Crippen LogP contribution in [0.5, 0.6) is 0 Å². The Morgan fingerprint density at radius 1 is 1.12 bits per heavy atom. The van der Waals surface area contributed by atoms with Crippen molar-refractivity contribution in [2.24, 2.45) is 0 Å². The zero-order valence-electron chi connectivity index (χ0n) is 8.39. The smallest absolute Gasteiger partial charge is 0.350 e. The van der Waals surface area contributed by atoms with Crippen LogP contribution in [0.15, 0.2) is 12.1 Å². The molecule has 16 heavy (non-hydrogen) atoms. The normalized spacial score (nSPS) is 9.62. The Balaban J connectivity index is 3.38. The largest absolute Gasteiger partial charge is 0.465 e. The number of esters is 1. The van der Waals surface area contributed by atoms with Crippen LogP contribution < -0.4 is 11.5 Å². The van der Waals surface area contributed by atoms with E-state index in [-0.39, 0.29) is 22.5 Å². The van der Waals surface area contributed by atoms with Gasteiger partial charge in [0.2, 0.25) is 0 Å². The van der Waals surface area contributed by atoms with Crippen molar-refractivity contribution >= 4 is 36.2 Å². The maximum atomic E-state index is 11.4. The zero-order valence-corrected chi connectivity index (χ0v) is 9.28. The van der Waals surface area contributed by atoms with Crippen LogP contribution in [0.2, 0.25) is 0 Å². The molecule has 0 radical (unpaired) electrons. The molecular weight excluding hydrogens is 232 g/mol. The van der Waals surface area contributed by atoms with E-state index in [2.05, 4.69) is 21.8 Å². The second-order valence-corrected chi connectivity index (χ2v) is 3.08. The van der Waals surface area contributed by atoms with Gasteiger partial charge >= 0.3 is 11.9 Å². The van der Waals surface area contributed by atoms with Crippen LogP contribution in [-0.4, -0.2) is 19.0 Å². The Kier molecular flexibility index (Phi) is 3.62. The van der Waals surface area contributed by atoms with Gasteiger partial charge in [-0.1, -0.05) is 0 Å². The Labute approximate surface area is 97.1 Å². The molecule has 0 spiro atoms. The number of nitrogens with two attached hydrogens (primary N) is 2. The van der Waals surface area contributed by atoms with Gasteiger partial charge in [0.1, 0.15) is 0 Å². The molecule has 0 saturated heterocycles. The maximum absolute atomic E-state index is 11.4. The highest BCUT2D eigenvalue weighted by molar-refractivity contribution is 7.75. The predicted octanol–water partition coefficient (Wildman–Crippen LogP) is 0.639.